The number of aromatic nitrogens is 2. The van der Waals surface area contributed by atoms with Gasteiger partial charge in [0.1, 0.15) is 12.3 Å². The molecule has 1 fully saturated rings. The standard InChI is InChI=1S/C7H7N3O3/c11-10(12)6-3-9-7(4-8-6)13-5-1-2-5/h3-5H,1-2H2. The summed E-state index contributed by atoms with van der Waals surface area (Å²) < 4.78 is 5.26. The van der Waals surface area contributed by atoms with E-state index in [9.17, 15) is 10.1 Å². The van der Waals surface area contributed by atoms with E-state index in [4.69, 9.17) is 4.74 Å². The van der Waals surface area contributed by atoms with Crippen LogP contribution in [0.1, 0.15) is 12.8 Å². The second-order valence-electron chi connectivity index (χ2n) is 2.79. The molecule has 0 saturated heterocycles. The van der Waals surface area contributed by atoms with Crippen molar-refractivity contribution in [1.29, 1.82) is 0 Å². The van der Waals surface area contributed by atoms with E-state index in [0.717, 1.165) is 19.0 Å². The fourth-order valence-corrected chi connectivity index (χ4v) is 0.821. The van der Waals surface area contributed by atoms with Crippen LogP contribution in [-0.4, -0.2) is 21.0 Å². The lowest BCUT2D eigenvalue weighted by Gasteiger charge is -1.98. The Morgan fingerprint density at radius 3 is 2.69 bits per heavy atom. The van der Waals surface area contributed by atoms with E-state index >= 15 is 0 Å². The first-order chi connectivity index (χ1) is 6.25. The summed E-state index contributed by atoms with van der Waals surface area (Å²) in [7, 11) is 0. The van der Waals surface area contributed by atoms with Crippen LogP contribution in [0.25, 0.3) is 0 Å². The molecule has 0 spiro atoms. The van der Waals surface area contributed by atoms with Crippen molar-refractivity contribution in [2.75, 3.05) is 0 Å². The van der Waals surface area contributed by atoms with Crippen molar-refractivity contribution in [2.45, 2.75) is 18.9 Å². The van der Waals surface area contributed by atoms with E-state index < -0.39 is 4.92 Å². The van der Waals surface area contributed by atoms with Crippen molar-refractivity contribution in [3.05, 3.63) is 22.5 Å². The van der Waals surface area contributed by atoms with Gasteiger partial charge in [0.15, 0.2) is 0 Å². The van der Waals surface area contributed by atoms with Crippen molar-refractivity contribution in [3.8, 4) is 5.88 Å². The van der Waals surface area contributed by atoms with Crippen LogP contribution in [0.4, 0.5) is 5.82 Å². The quantitative estimate of drug-likeness (QED) is 0.511. The highest BCUT2D eigenvalue weighted by molar-refractivity contribution is 5.17. The first-order valence-electron chi connectivity index (χ1n) is 3.89. The lowest BCUT2D eigenvalue weighted by molar-refractivity contribution is -0.389. The lowest BCUT2D eigenvalue weighted by Crippen LogP contribution is -2.00. The van der Waals surface area contributed by atoms with E-state index in [0.29, 0.717) is 5.88 Å². The zero-order valence-corrected chi connectivity index (χ0v) is 6.71. The maximum atomic E-state index is 10.2. The number of hydrogen-bond acceptors (Lipinski definition) is 5. The van der Waals surface area contributed by atoms with Crippen LogP contribution in [0.2, 0.25) is 0 Å². The van der Waals surface area contributed by atoms with Gasteiger partial charge in [0, 0.05) is 0 Å². The second kappa shape index (κ2) is 2.96. The predicted octanol–water partition coefficient (Wildman–Crippen LogP) is 0.926. The van der Waals surface area contributed by atoms with Gasteiger partial charge in [-0.15, -0.1) is 0 Å². The normalized spacial score (nSPS) is 15.4. The number of rotatable bonds is 3. The molecule has 1 aliphatic carbocycles. The Labute approximate surface area is 73.7 Å². The molecule has 1 saturated carbocycles. The summed E-state index contributed by atoms with van der Waals surface area (Å²) >= 11 is 0. The zero-order valence-electron chi connectivity index (χ0n) is 6.71. The number of nitro groups is 1. The van der Waals surface area contributed by atoms with Gasteiger partial charge < -0.3 is 14.9 Å². The lowest BCUT2D eigenvalue weighted by atomic mass is 10.6. The third-order valence-corrected chi connectivity index (χ3v) is 1.61. The average Bonchev–Trinajstić information content (AvgIpc) is 2.89. The van der Waals surface area contributed by atoms with E-state index in [1.165, 1.54) is 6.20 Å². The summed E-state index contributed by atoms with van der Waals surface area (Å²) in [5, 5.41) is 10.2. The highest BCUT2D eigenvalue weighted by Gasteiger charge is 2.24. The Balaban J connectivity index is 2.08. The summed E-state index contributed by atoms with van der Waals surface area (Å²) in [6, 6.07) is 0. The van der Waals surface area contributed by atoms with Crippen molar-refractivity contribution < 1.29 is 9.66 Å². The maximum Gasteiger partial charge on any atom is 0.382 e. The van der Waals surface area contributed by atoms with Gasteiger partial charge in [-0.2, -0.15) is 0 Å². The topological polar surface area (TPSA) is 78.2 Å². The van der Waals surface area contributed by atoms with Gasteiger partial charge in [0.05, 0.1) is 0 Å². The molecule has 1 heterocycles. The molecule has 0 radical (unpaired) electrons. The second-order valence-corrected chi connectivity index (χ2v) is 2.79. The Hall–Kier alpha value is -1.72. The highest BCUT2D eigenvalue weighted by atomic mass is 16.6. The molecule has 1 aromatic heterocycles. The molecule has 13 heavy (non-hydrogen) atoms. The first kappa shape index (κ1) is 7.90. The van der Waals surface area contributed by atoms with Crippen LogP contribution < -0.4 is 4.74 Å². The molecule has 1 aromatic rings. The van der Waals surface area contributed by atoms with Crippen LogP contribution in [0.15, 0.2) is 12.4 Å². The largest absolute Gasteiger partial charge is 0.472 e. The summed E-state index contributed by atoms with van der Waals surface area (Å²) in [6.07, 6.45) is 4.65. The molecule has 0 bridgehead atoms. The summed E-state index contributed by atoms with van der Waals surface area (Å²) in [4.78, 5) is 16.9. The van der Waals surface area contributed by atoms with E-state index in [2.05, 4.69) is 9.97 Å². The van der Waals surface area contributed by atoms with Gasteiger partial charge >= 0.3 is 5.82 Å². The van der Waals surface area contributed by atoms with E-state index in [1.807, 2.05) is 0 Å². The van der Waals surface area contributed by atoms with Crippen molar-refractivity contribution >= 4 is 5.82 Å². The fourth-order valence-electron chi connectivity index (χ4n) is 0.821. The van der Waals surface area contributed by atoms with Crippen molar-refractivity contribution in [2.24, 2.45) is 0 Å². The van der Waals surface area contributed by atoms with Gasteiger partial charge in [-0.25, -0.2) is 4.98 Å². The fraction of sp³-hybridized carbons (Fsp3) is 0.429. The summed E-state index contributed by atoms with van der Waals surface area (Å²) in [6.45, 7) is 0. The minimum Gasteiger partial charge on any atom is -0.472 e. The average molecular weight is 181 g/mol. The Bertz CT molecular complexity index is 320. The Morgan fingerprint density at radius 2 is 2.23 bits per heavy atom. The van der Waals surface area contributed by atoms with Gasteiger partial charge in [0.2, 0.25) is 6.20 Å². The molecule has 0 unspecified atom stereocenters. The van der Waals surface area contributed by atoms with Crippen LogP contribution in [-0.2, 0) is 0 Å². The summed E-state index contributed by atoms with van der Waals surface area (Å²) in [5.41, 5.74) is 0. The van der Waals surface area contributed by atoms with Gasteiger partial charge in [-0.1, -0.05) is 0 Å². The number of nitrogens with zero attached hydrogens (tertiary/aromatic N) is 3. The minimum absolute atomic E-state index is 0.232. The van der Waals surface area contributed by atoms with E-state index in [-0.39, 0.29) is 11.9 Å². The molecule has 0 amide bonds. The smallest absolute Gasteiger partial charge is 0.382 e. The molecule has 0 atom stereocenters. The number of ether oxygens (including phenoxy) is 1. The molecule has 0 aliphatic heterocycles. The Kier molecular flexibility index (Phi) is 1.80. The molecular weight excluding hydrogens is 174 g/mol. The molecule has 6 nitrogen and oxygen atoms in total. The minimum atomic E-state index is -0.589. The molecule has 0 N–H and O–H groups in total. The van der Waals surface area contributed by atoms with Gasteiger partial charge in [-0.05, 0) is 22.7 Å². The number of hydrogen-bond donors (Lipinski definition) is 0. The maximum absolute atomic E-state index is 10.2. The molecule has 0 aromatic carbocycles. The van der Waals surface area contributed by atoms with E-state index in [1.54, 1.807) is 0 Å². The van der Waals surface area contributed by atoms with Crippen LogP contribution in [0.3, 0.4) is 0 Å². The van der Waals surface area contributed by atoms with Crippen LogP contribution >= 0.6 is 0 Å². The Morgan fingerprint density at radius 1 is 1.46 bits per heavy atom. The van der Waals surface area contributed by atoms with Gasteiger partial charge in [-0.3, -0.25) is 0 Å². The van der Waals surface area contributed by atoms with Crippen molar-refractivity contribution in [1.82, 2.24) is 9.97 Å². The molecule has 2 rings (SSSR count). The first-order valence-corrected chi connectivity index (χ1v) is 3.89. The third-order valence-electron chi connectivity index (χ3n) is 1.61. The highest BCUT2D eigenvalue weighted by Crippen LogP contribution is 2.25. The van der Waals surface area contributed by atoms with Gasteiger partial charge in [0.25, 0.3) is 5.88 Å². The SMILES string of the molecule is O=[N+]([O-])c1cnc(OC2CC2)cn1. The predicted molar refractivity (Wildman–Crippen MR) is 42.3 cm³/mol. The molecule has 1 aliphatic rings. The summed E-state index contributed by atoms with van der Waals surface area (Å²) in [5.74, 6) is 0.0937. The van der Waals surface area contributed by atoms with Crippen LogP contribution in [0.5, 0.6) is 5.88 Å². The zero-order chi connectivity index (χ0) is 9.26. The third kappa shape index (κ3) is 1.90. The monoisotopic (exact) mass is 181 g/mol. The van der Waals surface area contributed by atoms with Crippen molar-refractivity contribution in [3.63, 3.8) is 0 Å². The molecular formula is C7H7N3O3. The molecule has 68 valence electrons. The van der Waals surface area contributed by atoms with Crippen LogP contribution in [0, 0.1) is 10.1 Å². The molecule has 6 heteroatoms.